The molecule has 0 fully saturated rings. The molecule has 0 radical (unpaired) electrons. The van der Waals surface area contributed by atoms with Gasteiger partial charge in [0, 0.05) is 18.7 Å². The Labute approximate surface area is 246 Å². The van der Waals surface area contributed by atoms with Crippen LogP contribution in [0.1, 0.15) is 48.7 Å². The van der Waals surface area contributed by atoms with E-state index in [1.807, 2.05) is 18.2 Å². The third kappa shape index (κ3) is 4.79. The van der Waals surface area contributed by atoms with Gasteiger partial charge in [0.25, 0.3) is 5.91 Å². The van der Waals surface area contributed by atoms with Gasteiger partial charge in [-0.25, -0.2) is 0 Å². The number of carbonyl (C=O) groups is 2. The topological polar surface area (TPSA) is 156 Å². The van der Waals surface area contributed by atoms with Crippen molar-refractivity contribution < 1.29 is 30.0 Å². The number of likely N-dealkylation sites (N-methyl/N-ethyl adjacent to an activating group) is 1. The average Bonchev–Trinajstić information content (AvgIpc) is 2.87. The number of carbonyl (C=O) groups excluding carboxylic acids is 2. The Balaban J connectivity index is 1.60. The van der Waals surface area contributed by atoms with Crippen molar-refractivity contribution in [3.8, 4) is 16.9 Å². The van der Waals surface area contributed by atoms with Crippen molar-refractivity contribution in [3.63, 3.8) is 0 Å². The van der Waals surface area contributed by atoms with Crippen LogP contribution in [0.5, 0.6) is 5.75 Å². The fourth-order valence-electron chi connectivity index (χ4n) is 7.75. The molecule has 2 aromatic carbocycles. The number of nitrogens with zero attached hydrogens (tertiary/aromatic N) is 1. The van der Waals surface area contributed by atoms with Crippen LogP contribution in [0.4, 0.5) is 0 Å². The standard InChI is InChI=1S/C33H41N3O6/c1-16(2)14-36(5)15-17-7-6-8-18(11-17)20-9-10-23(37)25-21(20)12-19-13-22-26(30(39)24(19)29(25)38)33(3,42)27(32(34)41)31(40)28(22)35-4/h6-11,16,19,22,26,28,35,37,39-40,42H,12-15H2,1-5H3,(H2,34,41)/t19?,22?,26?,28-,33?/m0/s1. The summed E-state index contributed by atoms with van der Waals surface area (Å²) in [6.07, 6.45) is 0.721. The third-order valence-electron chi connectivity index (χ3n) is 9.19. The van der Waals surface area contributed by atoms with E-state index in [-0.39, 0.29) is 34.0 Å². The van der Waals surface area contributed by atoms with E-state index in [2.05, 4.69) is 43.2 Å². The summed E-state index contributed by atoms with van der Waals surface area (Å²) >= 11 is 0. The summed E-state index contributed by atoms with van der Waals surface area (Å²) in [6, 6.07) is 10.7. The number of allylic oxidation sites excluding steroid dienone is 1. The number of aliphatic hydroxyl groups excluding tert-OH is 2. The van der Waals surface area contributed by atoms with Crippen LogP contribution in [-0.2, 0) is 17.8 Å². The number of nitrogens with two attached hydrogens (primary N) is 1. The number of ketones is 1. The smallest absolute Gasteiger partial charge is 0.251 e. The molecule has 9 nitrogen and oxygen atoms in total. The Bertz CT molecular complexity index is 1510. The molecule has 3 aliphatic carbocycles. The molecule has 0 aromatic heterocycles. The van der Waals surface area contributed by atoms with Crippen LogP contribution >= 0.6 is 0 Å². The van der Waals surface area contributed by atoms with Crippen LogP contribution in [0, 0.1) is 23.7 Å². The minimum atomic E-state index is -2.01. The minimum absolute atomic E-state index is 0.126. The molecule has 4 unspecified atom stereocenters. The number of phenolic OH excluding ortho intramolecular Hbond substituents is 1. The molecule has 7 N–H and O–H groups in total. The number of hydrogen-bond donors (Lipinski definition) is 6. The number of aliphatic hydroxyl groups is 3. The molecular weight excluding hydrogens is 534 g/mol. The van der Waals surface area contributed by atoms with Crippen LogP contribution in [0.3, 0.4) is 0 Å². The number of primary amides is 1. The lowest BCUT2D eigenvalue weighted by atomic mass is 9.57. The van der Waals surface area contributed by atoms with E-state index in [1.54, 1.807) is 7.05 Å². The van der Waals surface area contributed by atoms with E-state index >= 15 is 0 Å². The second-order valence-electron chi connectivity index (χ2n) is 12.7. The molecule has 5 atom stereocenters. The van der Waals surface area contributed by atoms with Crippen LogP contribution in [-0.4, -0.2) is 69.3 Å². The maximum Gasteiger partial charge on any atom is 0.251 e. The second kappa shape index (κ2) is 10.9. The highest BCUT2D eigenvalue weighted by molar-refractivity contribution is 6.14. The van der Waals surface area contributed by atoms with Crippen molar-refractivity contribution >= 4 is 11.7 Å². The number of rotatable bonds is 7. The first-order valence-electron chi connectivity index (χ1n) is 14.5. The molecule has 42 heavy (non-hydrogen) atoms. The number of hydrogen-bond acceptors (Lipinski definition) is 8. The zero-order valence-electron chi connectivity index (χ0n) is 24.8. The molecular formula is C33H41N3O6. The molecule has 0 aliphatic heterocycles. The van der Waals surface area contributed by atoms with Gasteiger partial charge < -0.3 is 36.4 Å². The molecule has 5 rings (SSSR count). The fraction of sp³-hybridized carbons (Fsp3) is 0.455. The van der Waals surface area contributed by atoms with Crippen molar-refractivity contribution in [2.45, 2.75) is 51.8 Å². The van der Waals surface area contributed by atoms with Gasteiger partial charge in [0.1, 0.15) is 22.9 Å². The van der Waals surface area contributed by atoms with Crippen molar-refractivity contribution in [3.05, 3.63) is 75.8 Å². The summed E-state index contributed by atoms with van der Waals surface area (Å²) in [5, 5.41) is 48.0. The quantitative estimate of drug-likeness (QED) is 0.293. The van der Waals surface area contributed by atoms with E-state index < -0.39 is 41.1 Å². The lowest BCUT2D eigenvalue weighted by molar-refractivity contribution is -0.120. The fourth-order valence-corrected chi connectivity index (χ4v) is 7.75. The minimum Gasteiger partial charge on any atom is -0.511 e. The first-order chi connectivity index (χ1) is 19.8. The van der Waals surface area contributed by atoms with Crippen molar-refractivity contribution in [1.29, 1.82) is 0 Å². The summed E-state index contributed by atoms with van der Waals surface area (Å²) in [7, 11) is 3.71. The highest BCUT2D eigenvalue weighted by atomic mass is 16.3. The SMILES string of the molecule is CN[C@@H]1C(O)=C(C(N)=O)C(C)(O)C2C(O)=C3C(=O)c4c(O)ccc(-c5cccc(CN(C)CC(C)C)c5)c4CC3CC21. The van der Waals surface area contributed by atoms with Crippen LogP contribution in [0.2, 0.25) is 0 Å². The van der Waals surface area contributed by atoms with E-state index in [9.17, 15) is 30.0 Å². The van der Waals surface area contributed by atoms with Gasteiger partial charge in [0.15, 0.2) is 5.78 Å². The molecule has 2 aromatic rings. The monoisotopic (exact) mass is 575 g/mol. The first-order valence-corrected chi connectivity index (χ1v) is 14.5. The maximum atomic E-state index is 14.1. The summed E-state index contributed by atoms with van der Waals surface area (Å²) in [4.78, 5) is 28.6. The maximum absolute atomic E-state index is 14.1. The molecule has 0 saturated heterocycles. The molecule has 0 heterocycles. The predicted octanol–water partition coefficient (Wildman–Crippen LogP) is 3.60. The number of phenols is 1. The Kier molecular flexibility index (Phi) is 7.72. The summed E-state index contributed by atoms with van der Waals surface area (Å²) < 4.78 is 0. The zero-order valence-corrected chi connectivity index (χ0v) is 24.8. The largest absolute Gasteiger partial charge is 0.511 e. The average molecular weight is 576 g/mol. The predicted molar refractivity (Wildman–Crippen MR) is 160 cm³/mol. The van der Waals surface area contributed by atoms with Gasteiger partial charge in [0.05, 0.1) is 23.1 Å². The van der Waals surface area contributed by atoms with E-state index in [0.717, 1.165) is 29.8 Å². The molecule has 224 valence electrons. The van der Waals surface area contributed by atoms with Gasteiger partial charge in [-0.05, 0) is 86.0 Å². The van der Waals surface area contributed by atoms with E-state index in [4.69, 9.17) is 5.73 Å². The lowest BCUT2D eigenvalue weighted by Crippen LogP contribution is -2.59. The number of aromatic hydroxyl groups is 1. The number of amides is 1. The van der Waals surface area contributed by atoms with Crippen LogP contribution in [0.25, 0.3) is 11.1 Å². The van der Waals surface area contributed by atoms with Gasteiger partial charge in [0.2, 0.25) is 0 Å². The van der Waals surface area contributed by atoms with Gasteiger partial charge in [-0.15, -0.1) is 0 Å². The highest BCUT2D eigenvalue weighted by Crippen LogP contribution is 2.54. The Morgan fingerprint density at radius 3 is 2.52 bits per heavy atom. The lowest BCUT2D eigenvalue weighted by Gasteiger charge is -2.50. The van der Waals surface area contributed by atoms with E-state index in [1.165, 1.54) is 13.0 Å². The van der Waals surface area contributed by atoms with Crippen molar-refractivity contribution in [2.75, 3.05) is 20.6 Å². The molecule has 1 amide bonds. The molecule has 9 heteroatoms. The summed E-state index contributed by atoms with van der Waals surface area (Å²) in [5.41, 5.74) is 7.01. The van der Waals surface area contributed by atoms with E-state index in [0.29, 0.717) is 24.3 Å². The van der Waals surface area contributed by atoms with Gasteiger partial charge >= 0.3 is 0 Å². The van der Waals surface area contributed by atoms with Gasteiger partial charge in [-0.2, -0.15) is 0 Å². The summed E-state index contributed by atoms with van der Waals surface area (Å²) in [6.45, 7) is 7.42. The normalized spacial score (nSPS) is 27.3. The first kappa shape index (κ1) is 29.8. The molecule has 0 spiro atoms. The van der Waals surface area contributed by atoms with Crippen molar-refractivity contribution in [2.24, 2.45) is 29.4 Å². The molecule has 0 saturated carbocycles. The van der Waals surface area contributed by atoms with Crippen LogP contribution < -0.4 is 11.1 Å². The molecule has 0 bridgehead atoms. The second-order valence-corrected chi connectivity index (χ2v) is 12.7. The number of Topliss-reactive ketones (excluding diaryl/α,β-unsaturated/α-hetero) is 1. The third-order valence-corrected chi connectivity index (χ3v) is 9.19. The summed E-state index contributed by atoms with van der Waals surface area (Å²) in [5.74, 6) is -3.84. The van der Waals surface area contributed by atoms with Gasteiger partial charge in [-0.1, -0.05) is 38.1 Å². The van der Waals surface area contributed by atoms with Gasteiger partial charge in [-0.3, -0.25) is 9.59 Å². The highest BCUT2D eigenvalue weighted by Gasteiger charge is 2.58. The van der Waals surface area contributed by atoms with Crippen molar-refractivity contribution in [1.82, 2.24) is 10.2 Å². The Morgan fingerprint density at radius 1 is 1.17 bits per heavy atom. The molecule has 3 aliphatic rings. The Hall–Kier alpha value is -3.66. The van der Waals surface area contributed by atoms with Crippen LogP contribution in [0.15, 0.2) is 59.1 Å². The zero-order chi connectivity index (χ0) is 30.7. The number of nitrogens with one attached hydrogen (secondary N) is 1. The Morgan fingerprint density at radius 2 is 1.88 bits per heavy atom. The number of benzene rings is 2. The number of fused-ring (bicyclic) bond motifs is 3.